The smallest absolute Gasteiger partial charge is 0.403 e. The molecule has 0 fully saturated rings. The molecule has 0 saturated heterocycles. The van der Waals surface area contributed by atoms with Crippen molar-refractivity contribution in [2.75, 3.05) is 0 Å². The number of aryl methyl sites for hydroxylation is 1. The molecule has 3 nitrogen and oxygen atoms in total. The van der Waals surface area contributed by atoms with E-state index in [1.165, 1.54) is 6.07 Å². The maximum Gasteiger partial charge on any atom is 0.573 e. The second kappa shape index (κ2) is 5.03. The Balaban J connectivity index is 2.76. The van der Waals surface area contributed by atoms with E-state index in [-0.39, 0.29) is 12.8 Å². The summed E-state index contributed by atoms with van der Waals surface area (Å²) < 4.78 is 52.1. The summed E-state index contributed by atoms with van der Waals surface area (Å²) in [5, 5.41) is 0. The molecular formula is C10H9F4NO2. The number of ether oxygens (including phenoxy) is 1. The number of benzene rings is 1. The van der Waals surface area contributed by atoms with Gasteiger partial charge in [-0.2, -0.15) is 0 Å². The number of hydrogen-bond acceptors (Lipinski definition) is 2. The molecule has 1 aromatic rings. The topological polar surface area (TPSA) is 52.3 Å². The second-order valence-corrected chi connectivity index (χ2v) is 3.28. The van der Waals surface area contributed by atoms with E-state index in [0.717, 1.165) is 12.1 Å². The zero-order valence-electron chi connectivity index (χ0n) is 8.55. The first-order valence-corrected chi connectivity index (χ1v) is 4.60. The minimum absolute atomic E-state index is 0.00108. The van der Waals surface area contributed by atoms with Gasteiger partial charge in [-0.05, 0) is 24.1 Å². The minimum atomic E-state index is -4.93. The lowest BCUT2D eigenvalue weighted by Crippen LogP contribution is -2.18. The van der Waals surface area contributed by atoms with Gasteiger partial charge in [0.05, 0.1) is 0 Å². The number of nitrogens with two attached hydrogens (primary N) is 1. The van der Waals surface area contributed by atoms with E-state index in [1.54, 1.807) is 0 Å². The molecule has 0 atom stereocenters. The number of carbonyl (C=O) groups is 1. The first kappa shape index (κ1) is 13.3. The maximum absolute atomic E-state index is 13.2. The molecule has 0 aliphatic heterocycles. The Morgan fingerprint density at radius 2 is 2.00 bits per heavy atom. The highest BCUT2D eigenvalue weighted by molar-refractivity contribution is 5.74. The largest absolute Gasteiger partial charge is 0.573 e. The molecule has 0 aliphatic carbocycles. The van der Waals surface area contributed by atoms with Crippen LogP contribution in [-0.4, -0.2) is 12.3 Å². The normalized spacial score (nSPS) is 11.3. The monoisotopic (exact) mass is 251 g/mol. The highest BCUT2D eigenvalue weighted by atomic mass is 19.4. The van der Waals surface area contributed by atoms with Crippen molar-refractivity contribution < 1.29 is 27.1 Å². The highest BCUT2D eigenvalue weighted by Gasteiger charge is 2.32. The van der Waals surface area contributed by atoms with Gasteiger partial charge in [0, 0.05) is 6.42 Å². The molecule has 0 bridgehead atoms. The molecule has 0 unspecified atom stereocenters. The van der Waals surface area contributed by atoms with Gasteiger partial charge in [-0.3, -0.25) is 4.79 Å². The van der Waals surface area contributed by atoms with Gasteiger partial charge in [0.25, 0.3) is 0 Å². The van der Waals surface area contributed by atoms with Crippen molar-refractivity contribution in [3.63, 3.8) is 0 Å². The van der Waals surface area contributed by atoms with Gasteiger partial charge in [0.2, 0.25) is 5.91 Å². The van der Waals surface area contributed by atoms with Crippen molar-refractivity contribution in [1.29, 1.82) is 0 Å². The zero-order chi connectivity index (χ0) is 13.1. The van der Waals surface area contributed by atoms with E-state index in [2.05, 4.69) is 4.74 Å². The van der Waals surface area contributed by atoms with Crippen LogP contribution in [0.1, 0.15) is 12.0 Å². The minimum Gasteiger partial charge on any atom is -0.403 e. The Bertz CT molecular complexity index is 417. The van der Waals surface area contributed by atoms with Gasteiger partial charge in [-0.15, -0.1) is 13.2 Å². The lowest BCUT2D eigenvalue weighted by atomic mass is 10.1. The number of carbonyl (C=O) groups excluding carboxylic acids is 1. The standard InChI is InChI=1S/C10H9F4NO2/c11-7-5-6(2-4-9(15)16)1-3-8(7)17-10(12,13)14/h1,3,5H,2,4H2,(H2,15,16). The van der Waals surface area contributed by atoms with Crippen LogP contribution in [0.3, 0.4) is 0 Å². The molecule has 1 aromatic carbocycles. The summed E-state index contributed by atoms with van der Waals surface area (Å²) in [6, 6.07) is 2.98. The van der Waals surface area contributed by atoms with Crippen molar-refractivity contribution in [2.45, 2.75) is 19.2 Å². The Morgan fingerprint density at radius 3 is 2.47 bits per heavy atom. The fraction of sp³-hybridized carbons (Fsp3) is 0.300. The molecule has 7 heteroatoms. The van der Waals surface area contributed by atoms with Gasteiger partial charge in [0.1, 0.15) is 0 Å². The quantitative estimate of drug-likeness (QED) is 0.833. The molecule has 0 aromatic heterocycles. The summed E-state index contributed by atoms with van der Waals surface area (Å²) in [4.78, 5) is 10.5. The van der Waals surface area contributed by atoms with Crippen LogP contribution in [0.4, 0.5) is 17.6 Å². The maximum atomic E-state index is 13.2. The third kappa shape index (κ3) is 4.71. The molecule has 0 heterocycles. The molecule has 17 heavy (non-hydrogen) atoms. The second-order valence-electron chi connectivity index (χ2n) is 3.28. The predicted octanol–water partition coefficient (Wildman–Crippen LogP) is 2.14. The van der Waals surface area contributed by atoms with E-state index in [9.17, 15) is 22.4 Å². The number of primary amides is 1. The molecule has 1 rings (SSSR count). The van der Waals surface area contributed by atoms with Crippen LogP contribution in [-0.2, 0) is 11.2 Å². The average molecular weight is 251 g/mol. The third-order valence-electron chi connectivity index (χ3n) is 1.88. The SMILES string of the molecule is NC(=O)CCc1ccc(OC(F)(F)F)c(F)c1. The van der Waals surface area contributed by atoms with Gasteiger partial charge >= 0.3 is 6.36 Å². The van der Waals surface area contributed by atoms with Crippen LogP contribution in [0, 0.1) is 5.82 Å². The molecule has 0 saturated carbocycles. The summed E-state index contributed by atoms with van der Waals surface area (Å²) in [6.45, 7) is 0. The molecule has 2 N–H and O–H groups in total. The van der Waals surface area contributed by atoms with Crippen LogP contribution < -0.4 is 10.5 Å². The number of amides is 1. The Hall–Kier alpha value is -1.79. The summed E-state index contributed by atoms with van der Waals surface area (Å²) in [5.41, 5.74) is 5.26. The Morgan fingerprint density at radius 1 is 1.35 bits per heavy atom. The molecule has 0 radical (unpaired) electrons. The molecule has 0 spiro atoms. The predicted molar refractivity (Wildman–Crippen MR) is 50.6 cm³/mol. The Kier molecular flexibility index (Phi) is 3.93. The van der Waals surface area contributed by atoms with Crippen LogP contribution >= 0.6 is 0 Å². The van der Waals surface area contributed by atoms with E-state index in [0.29, 0.717) is 5.56 Å². The number of rotatable bonds is 4. The summed E-state index contributed by atoms with van der Waals surface area (Å²) in [6.07, 6.45) is -4.77. The molecule has 1 amide bonds. The van der Waals surface area contributed by atoms with E-state index < -0.39 is 23.8 Å². The summed E-state index contributed by atoms with van der Waals surface area (Å²) in [5.74, 6) is -2.61. The number of alkyl halides is 3. The number of halogens is 4. The summed E-state index contributed by atoms with van der Waals surface area (Å²) in [7, 11) is 0. The fourth-order valence-corrected chi connectivity index (χ4v) is 1.17. The zero-order valence-corrected chi connectivity index (χ0v) is 8.55. The average Bonchev–Trinajstić information content (AvgIpc) is 2.17. The first-order chi connectivity index (χ1) is 7.78. The highest BCUT2D eigenvalue weighted by Crippen LogP contribution is 2.26. The van der Waals surface area contributed by atoms with Crippen molar-refractivity contribution >= 4 is 5.91 Å². The van der Waals surface area contributed by atoms with Gasteiger partial charge in [-0.1, -0.05) is 6.07 Å². The van der Waals surface area contributed by atoms with Crippen molar-refractivity contribution in [3.05, 3.63) is 29.6 Å². The van der Waals surface area contributed by atoms with Gasteiger partial charge in [0.15, 0.2) is 11.6 Å². The van der Waals surface area contributed by atoms with Crippen molar-refractivity contribution in [1.82, 2.24) is 0 Å². The third-order valence-corrected chi connectivity index (χ3v) is 1.88. The van der Waals surface area contributed by atoms with Crippen LogP contribution in [0.5, 0.6) is 5.75 Å². The lowest BCUT2D eigenvalue weighted by molar-refractivity contribution is -0.275. The first-order valence-electron chi connectivity index (χ1n) is 4.60. The van der Waals surface area contributed by atoms with Crippen LogP contribution in [0.15, 0.2) is 18.2 Å². The van der Waals surface area contributed by atoms with E-state index in [1.807, 2.05) is 0 Å². The van der Waals surface area contributed by atoms with E-state index >= 15 is 0 Å². The fourth-order valence-electron chi connectivity index (χ4n) is 1.17. The van der Waals surface area contributed by atoms with Crippen molar-refractivity contribution in [3.8, 4) is 5.75 Å². The van der Waals surface area contributed by atoms with Gasteiger partial charge in [-0.25, -0.2) is 4.39 Å². The number of hydrogen-bond donors (Lipinski definition) is 1. The summed E-state index contributed by atoms with van der Waals surface area (Å²) >= 11 is 0. The van der Waals surface area contributed by atoms with Crippen LogP contribution in [0.2, 0.25) is 0 Å². The lowest BCUT2D eigenvalue weighted by Gasteiger charge is -2.10. The van der Waals surface area contributed by atoms with Crippen LogP contribution in [0.25, 0.3) is 0 Å². The van der Waals surface area contributed by atoms with Gasteiger partial charge < -0.3 is 10.5 Å². The molecule has 0 aliphatic rings. The van der Waals surface area contributed by atoms with E-state index in [4.69, 9.17) is 5.73 Å². The Labute approximate surface area is 94.2 Å². The molecular weight excluding hydrogens is 242 g/mol. The molecule has 94 valence electrons. The van der Waals surface area contributed by atoms with Crippen molar-refractivity contribution in [2.24, 2.45) is 5.73 Å².